The fourth-order valence-electron chi connectivity index (χ4n) is 3.10. The van der Waals surface area contributed by atoms with Crippen LogP contribution in [0.1, 0.15) is 39.5 Å². The van der Waals surface area contributed by atoms with Crippen molar-refractivity contribution in [1.29, 1.82) is 0 Å². The molecule has 2 unspecified atom stereocenters. The van der Waals surface area contributed by atoms with Crippen molar-refractivity contribution in [3.8, 4) is 0 Å². The van der Waals surface area contributed by atoms with Crippen LogP contribution in [0, 0.1) is 5.92 Å². The molecule has 0 aromatic heterocycles. The Kier molecular flexibility index (Phi) is 3.53. The van der Waals surface area contributed by atoms with E-state index in [2.05, 4.69) is 38.2 Å². The summed E-state index contributed by atoms with van der Waals surface area (Å²) in [5, 5.41) is 0.342. The van der Waals surface area contributed by atoms with Crippen molar-refractivity contribution in [3.05, 3.63) is 45.9 Å². The second-order valence-corrected chi connectivity index (χ2v) is 6.54. The molecule has 2 aliphatic carbocycles. The maximum Gasteiger partial charge on any atom is 0.171 e. The first-order valence-corrected chi connectivity index (χ1v) is 8.15. The minimum absolute atomic E-state index is 0.0707. The number of rotatable bonds is 2. The summed E-state index contributed by atoms with van der Waals surface area (Å²) in [6, 6.07) is 0. The SMILES string of the molecule is CCC1=CC2C(=O)C3=CCCC=C3SC2C(CC)=C1. The van der Waals surface area contributed by atoms with Crippen LogP contribution in [0.25, 0.3) is 0 Å². The molecule has 0 bridgehead atoms. The lowest BCUT2D eigenvalue weighted by Crippen LogP contribution is -2.34. The largest absolute Gasteiger partial charge is 0.293 e. The van der Waals surface area contributed by atoms with Gasteiger partial charge in [-0.05, 0) is 25.7 Å². The maximum absolute atomic E-state index is 12.7. The topological polar surface area (TPSA) is 17.1 Å². The lowest BCUT2D eigenvalue weighted by Gasteiger charge is -2.36. The van der Waals surface area contributed by atoms with Crippen molar-refractivity contribution in [2.75, 3.05) is 0 Å². The summed E-state index contributed by atoms with van der Waals surface area (Å²) in [4.78, 5) is 13.9. The second kappa shape index (κ2) is 5.16. The number of carbonyl (C=O) groups is 1. The van der Waals surface area contributed by atoms with E-state index < -0.39 is 0 Å². The number of hydrogen-bond acceptors (Lipinski definition) is 2. The van der Waals surface area contributed by atoms with Gasteiger partial charge in [0.05, 0.1) is 5.92 Å². The molecule has 0 radical (unpaired) electrons. The molecule has 1 nitrogen and oxygen atoms in total. The molecule has 1 heterocycles. The van der Waals surface area contributed by atoms with Crippen molar-refractivity contribution < 1.29 is 4.79 Å². The summed E-state index contributed by atoms with van der Waals surface area (Å²) in [5.74, 6) is 0.418. The van der Waals surface area contributed by atoms with Crippen LogP contribution in [0.15, 0.2) is 45.9 Å². The van der Waals surface area contributed by atoms with Gasteiger partial charge >= 0.3 is 0 Å². The van der Waals surface area contributed by atoms with Gasteiger partial charge in [0.15, 0.2) is 5.78 Å². The van der Waals surface area contributed by atoms with Gasteiger partial charge in [0.25, 0.3) is 0 Å². The Morgan fingerprint density at radius 3 is 2.74 bits per heavy atom. The number of ketones is 1. The lowest BCUT2D eigenvalue weighted by molar-refractivity contribution is -0.117. The molecule has 1 fully saturated rings. The van der Waals surface area contributed by atoms with Gasteiger partial charge in [-0.1, -0.05) is 49.3 Å². The van der Waals surface area contributed by atoms with Gasteiger partial charge in [-0.15, -0.1) is 11.8 Å². The second-order valence-electron chi connectivity index (χ2n) is 5.36. The van der Waals surface area contributed by atoms with Crippen LogP contribution in [0.4, 0.5) is 0 Å². The fourth-order valence-corrected chi connectivity index (χ4v) is 4.64. The minimum atomic E-state index is 0.0707. The third kappa shape index (κ3) is 2.16. The van der Waals surface area contributed by atoms with Crippen molar-refractivity contribution in [2.24, 2.45) is 5.92 Å². The quantitative estimate of drug-likeness (QED) is 0.732. The Labute approximate surface area is 119 Å². The summed E-state index contributed by atoms with van der Waals surface area (Å²) >= 11 is 1.91. The number of thioether (sulfide) groups is 1. The van der Waals surface area contributed by atoms with E-state index in [0.717, 1.165) is 31.3 Å². The van der Waals surface area contributed by atoms with E-state index in [1.165, 1.54) is 16.1 Å². The third-order valence-electron chi connectivity index (χ3n) is 4.21. The van der Waals surface area contributed by atoms with Crippen LogP contribution in [0.5, 0.6) is 0 Å². The van der Waals surface area contributed by atoms with Crippen LogP contribution < -0.4 is 0 Å². The summed E-state index contributed by atoms with van der Waals surface area (Å²) in [6.07, 6.45) is 13.1. The highest BCUT2D eigenvalue weighted by Crippen LogP contribution is 2.48. The van der Waals surface area contributed by atoms with Gasteiger partial charge in [0, 0.05) is 15.7 Å². The molecule has 0 amide bonds. The molecule has 2 heteroatoms. The molecule has 1 saturated heterocycles. The van der Waals surface area contributed by atoms with Crippen LogP contribution in [-0.2, 0) is 4.79 Å². The van der Waals surface area contributed by atoms with Gasteiger partial charge in [-0.2, -0.15) is 0 Å². The molecule has 100 valence electrons. The average molecular weight is 272 g/mol. The van der Waals surface area contributed by atoms with Crippen LogP contribution >= 0.6 is 11.8 Å². The summed E-state index contributed by atoms with van der Waals surface area (Å²) in [6.45, 7) is 4.37. The highest BCUT2D eigenvalue weighted by atomic mass is 32.2. The first-order valence-electron chi connectivity index (χ1n) is 7.27. The van der Waals surface area contributed by atoms with E-state index in [-0.39, 0.29) is 5.92 Å². The van der Waals surface area contributed by atoms with Crippen molar-refractivity contribution >= 4 is 17.5 Å². The van der Waals surface area contributed by atoms with E-state index in [1.807, 2.05) is 11.8 Å². The minimum Gasteiger partial charge on any atom is -0.293 e. The first-order chi connectivity index (χ1) is 9.24. The zero-order chi connectivity index (χ0) is 13.4. The fraction of sp³-hybridized carbons (Fsp3) is 0.471. The number of carbonyl (C=O) groups excluding carboxylic acids is 1. The molecule has 0 saturated carbocycles. The predicted molar refractivity (Wildman–Crippen MR) is 82.0 cm³/mol. The summed E-state index contributed by atoms with van der Waals surface area (Å²) < 4.78 is 0. The number of fused-ring (bicyclic) bond motifs is 2. The van der Waals surface area contributed by atoms with Gasteiger partial charge in [0.1, 0.15) is 0 Å². The molecule has 2 atom stereocenters. The monoisotopic (exact) mass is 272 g/mol. The molecular formula is C17H20OS. The van der Waals surface area contributed by atoms with Gasteiger partial charge in [-0.25, -0.2) is 0 Å². The number of allylic oxidation sites excluding steroid dienone is 6. The predicted octanol–water partition coefficient (Wildman–Crippen LogP) is 4.58. The van der Waals surface area contributed by atoms with Gasteiger partial charge in [0.2, 0.25) is 0 Å². The number of hydrogen-bond donors (Lipinski definition) is 0. The molecule has 3 rings (SSSR count). The third-order valence-corrected chi connectivity index (χ3v) is 5.70. The Morgan fingerprint density at radius 1 is 1.21 bits per heavy atom. The van der Waals surface area contributed by atoms with E-state index in [0.29, 0.717) is 11.0 Å². The molecule has 0 spiro atoms. The van der Waals surface area contributed by atoms with Gasteiger partial charge < -0.3 is 0 Å². The summed E-state index contributed by atoms with van der Waals surface area (Å²) in [5.41, 5.74) is 3.76. The van der Waals surface area contributed by atoms with E-state index in [1.54, 1.807) is 0 Å². The van der Waals surface area contributed by atoms with Gasteiger partial charge in [-0.3, -0.25) is 4.79 Å². The van der Waals surface area contributed by atoms with Crippen LogP contribution in [-0.4, -0.2) is 11.0 Å². The maximum atomic E-state index is 12.7. The highest BCUT2D eigenvalue weighted by molar-refractivity contribution is 8.04. The zero-order valence-electron chi connectivity index (χ0n) is 11.6. The average Bonchev–Trinajstić information content (AvgIpc) is 2.47. The van der Waals surface area contributed by atoms with Crippen molar-refractivity contribution in [1.82, 2.24) is 0 Å². The van der Waals surface area contributed by atoms with Crippen LogP contribution in [0.2, 0.25) is 0 Å². The van der Waals surface area contributed by atoms with Crippen molar-refractivity contribution in [2.45, 2.75) is 44.8 Å². The summed E-state index contributed by atoms with van der Waals surface area (Å²) in [7, 11) is 0. The lowest BCUT2D eigenvalue weighted by atomic mass is 9.81. The molecule has 0 aromatic carbocycles. The Hall–Kier alpha value is -1.02. The Morgan fingerprint density at radius 2 is 2.00 bits per heavy atom. The molecular weight excluding hydrogens is 252 g/mol. The Balaban J connectivity index is 2.01. The molecule has 0 N–H and O–H groups in total. The number of Topliss-reactive ketones (excluding diaryl/α,β-unsaturated/α-hetero) is 1. The zero-order valence-corrected chi connectivity index (χ0v) is 12.4. The normalized spacial score (nSPS) is 29.7. The smallest absolute Gasteiger partial charge is 0.171 e. The van der Waals surface area contributed by atoms with E-state index >= 15 is 0 Å². The van der Waals surface area contributed by atoms with E-state index in [4.69, 9.17) is 0 Å². The van der Waals surface area contributed by atoms with Crippen molar-refractivity contribution in [3.63, 3.8) is 0 Å². The molecule has 3 aliphatic rings. The first kappa shape index (κ1) is 13.0. The van der Waals surface area contributed by atoms with E-state index in [9.17, 15) is 4.79 Å². The highest BCUT2D eigenvalue weighted by Gasteiger charge is 2.40. The molecule has 0 aromatic rings. The Bertz CT molecular complexity index is 533. The molecule has 1 aliphatic heterocycles. The van der Waals surface area contributed by atoms with Crippen LogP contribution in [0.3, 0.4) is 0 Å². The molecule has 19 heavy (non-hydrogen) atoms. The standard InChI is InChI=1S/C17H20OS/c1-3-11-9-12(4-2)17-14(10-11)16(18)13-7-5-6-8-15(13)19-17/h7-10,14,17H,3-6H2,1-2H3.